The number of aromatic nitrogens is 3. The lowest BCUT2D eigenvalue weighted by Gasteiger charge is -2.19. The largest absolute Gasteiger partial charge is 0.349 e. The maximum atomic E-state index is 12.5. The van der Waals surface area contributed by atoms with E-state index in [4.69, 9.17) is 0 Å². The van der Waals surface area contributed by atoms with Gasteiger partial charge in [0.15, 0.2) is 0 Å². The zero-order chi connectivity index (χ0) is 18.0. The number of rotatable bonds is 5. The Kier molecular flexibility index (Phi) is 4.85. The van der Waals surface area contributed by atoms with E-state index < -0.39 is 0 Å². The number of carbonyl (C=O) groups is 1. The van der Waals surface area contributed by atoms with Crippen LogP contribution in [0.2, 0.25) is 0 Å². The molecule has 0 saturated carbocycles. The molecule has 1 amide bonds. The van der Waals surface area contributed by atoms with E-state index in [1.165, 1.54) is 4.57 Å². The Labute approximate surface area is 149 Å². The molecule has 0 spiro atoms. The molecule has 0 aliphatic carbocycles. The minimum absolute atomic E-state index is 0.106. The van der Waals surface area contributed by atoms with E-state index >= 15 is 0 Å². The zero-order valence-electron chi connectivity index (χ0n) is 14.4. The molecule has 3 aromatic heterocycles. The van der Waals surface area contributed by atoms with Gasteiger partial charge in [-0.3, -0.25) is 14.3 Å². The first-order chi connectivity index (χ1) is 12.0. The maximum absolute atomic E-state index is 12.5. The molecule has 3 heterocycles. The Morgan fingerprint density at radius 2 is 2.12 bits per heavy atom. The maximum Gasteiger partial charge on any atom is 0.263 e. The molecule has 0 aromatic carbocycles. The topological polar surface area (TPSA) is 68.9 Å². The van der Waals surface area contributed by atoms with Crippen LogP contribution < -0.4 is 10.9 Å². The van der Waals surface area contributed by atoms with Crippen molar-refractivity contribution >= 4 is 17.2 Å². The zero-order valence-corrected chi connectivity index (χ0v) is 15.2. The average molecular weight is 356 g/mol. The Bertz CT molecular complexity index is 940. The van der Waals surface area contributed by atoms with E-state index in [9.17, 15) is 9.59 Å². The second-order valence-electron chi connectivity index (χ2n) is 5.95. The summed E-state index contributed by atoms with van der Waals surface area (Å²) in [5.74, 6) is -0.371. The summed E-state index contributed by atoms with van der Waals surface area (Å²) < 4.78 is 3.32. The fourth-order valence-electron chi connectivity index (χ4n) is 2.80. The SMILES string of the molecule is Cc1cc(C)n(C(CNC(=O)c2cccn(C)c2=O)c2cccs2)n1. The van der Waals surface area contributed by atoms with Gasteiger partial charge >= 0.3 is 0 Å². The second kappa shape index (κ2) is 7.06. The smallest absolute Gasteiger partial charge is 0.263 e. The Morgan fingerprint density at radius 3 is 2.76 bits per heavy atom. The van der Waals surface area contributed by atoms with Crippen LogP contribution in [0.1, 0.15) is 32.7 Å². The summed E-state index contributed by atoms with van der Waals surface area (Å²) in [6.07, 6.45) is 1.63. The number of aryl methyl sites for hydroxylation is 3. The fourth-order valence-corrected chi connectivity index (χ4v) is 3.62. The highest BCUT2D eigenvalue weighted by Crippen LogP contribution is 2.24. The van der Waals surface area contributed by atoms with Gasteiger partial charge in [-0.2, -0.15) is 5.10 Å². The van der Waals surface area contributed by atoms with Crippen molar-refractivity contribution in [2.24, 2.45) is 7.05 Å². The van der Waals surface area contributed by atoms with E-state index in [-0.39, 0.29) is 23.1 Å². The van der Waals surface area contributed by atoms with Gasteiger partial charge in [-0.15, -0.1) is 11.3 Å². The first kappa shape index (κ1) is 17.2. The molecule has 0 fully saturated rings. The van der Waals surface area contributed by atoms with E-state index in [2.05, 4.69) is 10.4 Å². The number of pyridine rings is 1. The van der Waals surface area contributed by atoms with Crippen LogP contribution in [0.15, 0.2) is 46.7 Å². The van der Waals surface area contributed by atoms with Crippen molar-refractivity contribution < 1.29 is 4.79 Å². The van der Waals surface area contributed by atoms with Gasteiger partial charge in [0.05, 0.1) is 5.69 Å². The molecule has 0 aliphatic heterocycles. The molecule has 0 radical (unpaired) electrons. The molecule has 3 rings (SSSR count). The van der Waals surface area contributed by atoms with Gasteiger partial charge in [0, 0.05) is 30.4 Å². The molecule has 25 heavy (non-hydrogen) atoms. The third kappa shape index (κ3) is 3.56. The summed E-state index contributed by atoms with van der Waals surface area (Å²) in [5.41, 5.74) is 1.80. The van der Waals surface area contributed by atoms with Crippen LogP contribution >= 0.6 is 11.3 Å². The first-order valence-corrected chi connectivity index (χ1v) is 8.85. The molecule has 3 aromatic rings. The van der Waals surface area contributed by atoms with E-state index in [1.807, 2.05) is 42.1 Å². The fraction of sp³-hybridized carbons (Fsp3) is 0.278. The third-order valence-electron chi connectivity index (χ3n) is 4.04. The van der Waals surface area contributed by atoms with Gasteiger partial charge < -0.3 is 9.88 Å². The molecule has 130 valence electrons. The van der Waals surface area contributed by atoms with Gasteiger partial charge in [-0.1, -0.05) is 6.07 Å². The van der Waals surface area contributed by atoms with Gasteiger partial charge in [-0.05, 0) is 43.5 Å². The Balaban J connectivity index is 1.84. The summed E-state index contributed by atoms with van der Waals surface area (Å²) >= 11 is 1.62. The first-order valence-electron chi connectivity index (χ1n) is 7.97. The lowest BCUT2D eigenvalue weighted by Crippen LogP contribution is -2.36. The van der Waals surface area contributed by atoms with Crippen molar-refractivity contribution in [2.45, 2.75) is 19.9 Å². The Hall–Kier alpha value is -2.67. The molecule has 1 unspecified atom stereocenters. The molecule has 0 bridgehead atoms. The average Bonchev–Trinajstić information content (AvgIpc) is 3.20. The summed E-state index contributed by atoms with van der Waals surface area (Å²) in [6, 6.07) is 9.14. The summed E-state index contributed by atoms with van der Waals surface area (Å²) in [5, 5.41) is 9.44. The molecular formula is C18H20N4O2S. The monoisotopic (exact) mass is 356 g/mol. The minimum Gasteiger partial charge on any atom is -0.349 e. The van der Waals surface area contributed by atoms with E-state index in [0.29, 0.717) is 6.54 Å². The molecule has 6 nitrogen and oxygen atoms in total. The number of amides is 1. The standard InChI is InChI=1S/C18H20N4O2S/c1-12-10-13(2)22(20-12)15(16-7-5-9-25-16)11-19-17(23)14-6-4-8-21(3)18(14)24/h4-10,15H,11H2,1-3H3,(H,19,23). The Morgan fingerprint density at radius 1 is 1.32 bits per heavy atom. The van der Waals surface area contributed by atoms with Crippen LogP contribution in [0.25, 0.3) is 0 Å². The summed E-state index contributed by atoms with van der Waals surface area (Å²) in [6.45, 7) is 4.30. The third-order valence-corrected chi connectivity index (χ3v) is 5.01. The number of hydrogen-bond acceptors (Lipinski definition) is 4. The van der Waals surface area contributed by atoms with Crippen LogP contribution in [0.3, 0.4) is 0 Å². The summed E-state index contributed by atoms with van der Waals surface area (Å²) in [4.78, 5) is 25.7. The number of nitrogens with one attached hydrogen (secondary N) is 1. The number of hydrogen-bond donors (Lipinski definition) is 1. The van der Waals surface area contributed by atoms with Crippen molar-refractivity contribution in [1.29, 1.82) is 0 Å². The number of thiophene rings is 1. The molecule has 0 saturated heterocycles. The van der Waals surface area contributed by atoms with Crippen molar-refractivity contribution in [2.75, 3.05) is 6.54 Å². The van der Waals surface area contributed by atoms with Gasteiger partial charge in [0.2, 0.25) is 0 Å². The van der Waals surface area contributed by atoms with Crippen LogP contribution in [0.4, 0.5) is 0 Å². The molecule has 1 N–H and O–H groups in total. The van der Waals surface area contributed by atoms with Crippen LogP contribution in [-0.4, -0.2) is 26.8 Å². The van der Waals surface area contributed by atoms with Crippen molar-refractivity contribution in [3.8, 4) is 0 Å². The van der Waals surface area contributed by atoms with Crippen LogP contribution in [0, 0.1) is 13.8 Å². The van der Waals surface area contributed by atoms with Gasteiger partial charge in [0.25, 0.3) is 11.5 Å². The highest BCUT2D eigenvalue weighted by molar-refractivity contribution is 7.10. The van der Waals surface area contributed by atoms with Crippen LogP contribution in [0.5, 0.6) is 0 Å². The molecule has 1 atom stereocenters. The van der Waals surface area contributed by atoms with Gasteiger partial charge in [0.1, 0.15) is 11.6 Å². The lowest BCUT2D eigenvalue weighted by molar-refractivity contribution is 0.0947. The molecule has 7 heteroatoms. The molecule has 0 aliphatic rings. The predicted molar refractivity (Wildman–Crippen MR) is 98.2 cm³/mol. The number of carbonyl (C=O) groups excluding carboxylic acids is 1. The second-order valence-corrected chi connectivity index (χ2v) is 6.93. The van der Waals surface area contributed by atoms with Crippen LogP contribution in [-0.2, 0) is 7.05 Å². The van der Waals surface area contributed by atoms with E-state index in [0.717, 1.165) is 16.3 Å². The van der Waals surface area contributed by atoms with Crippen molar-refractivity contribution in [3.63, 3.8) is 0 Å². The predicted octanol–water partition coefficient (Wildman–Crippen LogP) is 2.28. The van der Waals surface area contributed by atoms with Gasteiger partial charge in [-0.25, -0.2) is 0 Å². The quantitative estimate of drug-likeness (QED) is 0.762. The summed E-state index contributed by atoms with van der Waals surface area (Å²) in [7, 11) is 1.63. The van der Waals surface area contributed by atoms with Crippen molar-refractivity contribution in [1.82, 2.24) is 19.7 Å². The highest BCUT2D eigenvalue weighted by Gasteiger charge is 2.20. The normalized spacial score (nSPS) is 12.1. The lowest BCUT2D eigenvalue weighted by atomic mass is 10.2. The van der Waals surface area contributed by atoms with Crippen molar-refractivity contribution in [3.05, 3.63) is 74.1 Å². The molecular weight excluding hydrogens is 336 g/mol. The highest BCUT2D eigenvalue weighted by atomic mass is 32.1. The van der Waals surface area contributed by atoms with E-state index in [1.54, 1.807) is 36.7 Å². The number of nitrogens with zero attached hydrogens (tertiary/aromatic N) is 3. The minimum atomic E-state index is -0.371.